The van der Waals surface area contributed by atoms with Gasteiger partial charge in [-0.2, -0.15) is 0 Å². The highest BCUT2D eigenvalue weighted by Gasteiger charge is 2.41. The first-order valence-corrected chi connectivity index (χ1v) is 7.24. The van der Waals surface area contributed by atoms with Crippen LogP contribution in [-0.2, 0) is 9.53 Å². The minimum atomic E-state index is 0.00252. The number of aliphatic imine (C=N–C) groups is 1. The molecule has 1 aliphatic carbocycles. The Morgan fingerprint density at radius 1 is 1.35 bits per heavy atom. The number of carbonyl (C=O) groups excluding carboxylic acids is 1. The second-order valence-corrected chi connectivity index (χ2v) is 5.58. The van der Waals surface area contributed by atoms with Gasteiger partial charge >= 0.3 is 0 Å². The van der Waals surface area contributed by atoms with Crippen LogP contribution in [0.1, 0.15) is 26.2 Å². The number of likely N-dealkylation sites (N-methyl/N-ethyl adjacent to an activating group) is 1. The number of guanidine groups is 1. The molecule has 1 aliphatic rings. The molecule has 0 aromatic carbocycles. The van der Waals surface area contributed by atoms with Gasteiger partial charge in [0, 0.05) is 40.9 Å². The molecular formula is C14H28N4O2. The van der Waals surface area contributed by atoms with Gasteiger partial charge in [0.15, 0.2) is 5.96 Å². The van der Waals surface area contributed by atoms with E-state index in [0.29, 0.717) is 11.4 Å². The van der Waals surface area contributed by atoms with E-state index >= 15 is 0 Å². The molecule has 0 saturated heterocycles. The van der Waals surface area contributed by atoms with Crippen molar-refractivity contribution in [2.75, 3.05) is 47.4 Å². The lowest BCUT2D eigenvalue weighted by atomic mass is 10.0. The van der Waals surface area contributed by atoms with E-state index in [1.165, 1.54) is 12.8 Å². The zero-order valence-electron chi connectivity index (χ0n) is 13.2. The van der Waals surface area contributed by atoms with Crippen molar-refractivity contribution in [2.24, 2.45) is 10.4 Å². The summed E-state index contributed by atoms with van der Waals surface area (Å²) in [5, 5.41) is 6.51. The monoisotopic (exact) mass is 284 g/mol. The van der Waals surface area contributed by atoms with Crippen molar-refractivity contribution >= 4 is 11.9 Å². The Balaban J connectivity index is 2.42. The van der Waals surface area contributed by atoms with E-state index < -0.39 is 0 Å². The van der Waals surface area contributed by atoms with Crippen molar-refractivity contribution in [3.05, 3.63) is 0 Å². The highest BCUT2D eigenvalue weighted by molar-refractivity contribution is 5.84. The lowest BCUT2D eigenvalue weighted by molar-refractivity contribution is -0.127. The summed E-state index contributed by atoms with van der Waals surface area (Å²) in [4.78, 5) is 17.4. The fourth-order valence-electron chi connectivity index (χ4n) is 1.91. The normalized spacial score (nSPS) is 16.7. The molecule has 1 saturated carbocycles. The van der Waals surface area contributed by atoms with Gasteiger partial charge in [-0.05, 0) is 31.6 Å². The summed E-state index contributed by atoms with van der Waals surface area (Å²) in [5.41, 5.74) is 0.359. The molecule has 0 unspecified atom stereocenters. The molecule has 2 N–H and O–H groups in total. The Morgan fingerprint density at radius 3 is 2.55 bits per heavy atom. The summed E-state index contributed by atoms with van der Waals surface area (Å²) in [6.07, 6.45) is 3.55. The lowest BCUT2D eigenvalue weighted by Crippen LogP contribution is -2.41. The second-order valence-electron chi connectivity index (χ2n) is 5.58. The number of carbonyl (C=O) groups is 1. The van der Waals surface area contributed by atoms with Crippen molar-refractivity contribution < 1.29 is 9.53 Å². The van der Waals surface area contributed by atoms with Gasteiger partial charge in [-0.3, -0.25) is 4.79 Å². The van der Waals surface area contributed by atoms with E-state index in [1.807, 2.05) is 6.92 Å². The molecule has 6 nitrogen and oxygen atoms in total. The molecule has 0 heterocycles. The van der Waals surface area contributed by atoms with Crippen LogP contribution in [0.15, 0.2) is 4.99 Å². The maximum absolute atomic E-state index is 11.6. The maximum Gasteiger partial charge on any atom is 0.243 e. The van der Waals surface area contributed by atoms with Gasteiger partial charge in [0.25, 0.3) is 0 Å². The third-order valence-corrected chi connectivity index (χ3v) is 3.64. The van der Waals surface area contributed by atoms with E-state index in [4.69, 9.17) is 4.74 Å². The van der Waals surface area contributed by atoms with E-state index in [0.717, 1.165) is 26.1 Å². The van der Waals surface area contributed by atoms with Crippen LogP contribution in [0.3, 0.4) is 0 Å². The third kappa shape index (κ3) is 5.77. The largest absolute Gasteiger partial charge is 0.385 e. The lowest BCUT2D eigenvalue weighted by Gasteiger charge is -2.18. The van der Waals surface area contributed by atoms with Crippen LogP contribution < -0.4 is 10.6 Å². The summed E-state index contributed by atoms with van der Waals surface area (Å²) in [7, 11) is 5.21. The SMILES string of the molecule is CCNC(=NCC(=O)N(C)C)NCC1(CCOC)CC1. The van der Waals surface area contributed by atoms with Gasteiger partial charge in [-0.1, -0.05) is 0 Å². The Labute approximate surface area is 122 Å². The van der Waals surface area contributed by atoms with Crippen molar-refractivity contribution in [1.82, 2.24) is 15.5 Å². The van der Waals surface area contributed by atoms with E-state index in [2.05, 4.69) is 15.6 Å². The quantitative estimate of drug-likeness (QED) is 0.501. The first kappa shape index (κ1) is 16.8. The number of hydrogen-bond acceptors (Lipinski definition) is 3. The molecule has 0 atom stereocenters. The summed E-state index contributed by atoms with van der Waals surface area (Å²) in [6, 6.07) is 0. The molecule has 0 radical (unpaired) electrons. The third-order valence-electron chi connectivity index (χ3n) is 3.64. The predicted molar refractivity (Wildman–Crippen MR) is 80.8 cm³/mol. The fraction of sp³-hybridized carbons (Fsp3) is 0.857. The zero-order valence-corrected chi connectivity index (χ0v) is 13.2. The van der Waals surface area contributed by atoms with Gasteiger partial charge < -0.3 is 20.3 Å². The Bertz CT molecular complexity index is 338. The van der Waals surface area contributed by atoms with Crippen LogP contribution >= 0.6 is 0 Å². The van der Waals surface area contributed by atoms with Crippen molar-refractivity contribution in [2.45, 2.75) is 26.2 Å². The average molecular weight is 284 g/mol. The molecule has 0 aliphatic heterocycles. The van der Waals surface area contributed by atoms with Crippen molar-refractivity contribution in [1.29, 1.82) is 0 Å². The van der Waals surface area contributed by atoms with Crippen LogP contribution in [0.5, 0.6) is 0 Å². The van der Waals surface area contributed by atoms with Gasteiger partial charge in [-0.25, -0.2) is 4.99 Å². The van der Waals surface area contributed by atoms with E-state index in [1.54, 1.807) is 26.1 Å². The summed E-state index contributed by atoms with van der Waals surface area (Å²) in [6.45, 7) is 4.66. The first-order chi connectivity index (χ1) is 9.53. The molecule has 1 rings (SSSR count). The first-order valence-electron chi connectivity index (χ1n) is 7.24. The number of ether oxygens (including phenoxy) is 1. The van der Waals surface area contributed by atoms with Crippen LogP contribution in [0.25, 0.3) is 0 Å². The number of hydrogen-bond donors (Lipinski definition) is 2. The highest BCUT2D eigenvalue weighted by atomic mass is 16.5. The van der Waals surface area contributed by atoms with Crippen molar-refractivity contribution in [3.63, 3.8) is 0 Å². The molecule has 20 heavy (non-hydrogen) atoms. The number of amides is 1. The standard InChI is InChI=1S/C14H28N4O2/c1-5-15-13(16-10-12(19)18(2)3)17-11-14(6-7-14)8-9-20-4/h5-11H2,1-4H3,(H2,15,16,17). The molecule has 0 bridgehead atoms. The topological polar surface area (TPSA) is 66.0 Å². The van der Waals surface area contributed by atoms with Crippen molar-refractivity contribution in [3.8, 4) is 0 Å². The molecule has 1 fully saturated rings. The smallest absolute Gasteiger partial charge is 0.243 e. The molecular weight excluding hydrogens is 256 g/mol. The Kier molecular flexibility index (Phi) is 6.78. The van der Waals surface area contributed by atoms with Crippen LogP contribution in [0.4, 0.5) is 0 Å². The molecule has 6 heteroatoms. The minimum Gasteiger partial charge on any atom is -0.385 e. The van der Waals surface area contributed by atoms with Gasteiger partial charge in [0.2, 0.25) is 5.91 Å². The molecule has 0 aromatic rings. The molecule has 0 aromatic heterocycles. The van der Waals surface area contributed by atoms with Crippen LogP contribution in [0.2, 0.25) is 0 Å². The Hall–Kier alpha value is -1.30. The van der Waals surface area contributed by atoms with Gasteiger partial charge in [0.05, 0.1) is 0 Å². The van der Waals surface area contributed by atoms with E-state index in [9.17, 15) is 4.79 Å². The number of rotatable bonds is 8. The molecule has 116 valence electrons. The van der Waals surface area contributed by atoms with Crippen LogP contribution in [0, 0.1) is 5.41 Å². The van der Waals surface area contributed by atoms with Gasteiger partial charge in [-0.15, -0.1) is 0 Å². The average Bonchev–Trinajstić information content (AvgIpc) is 3.19. The fourth-order valence-corrected chi connectivity index (χ4v) is 1.91. The number of nitrogens with zero attached hydrogens (tertiary/aromatic N) is 2. The molecule has 1 amide bonds. The van der Waals surface area contributed by atoms with Gasteiger partial charge in [0.1, 0.15) is 6.54 Å². The summed E-state index contributed by atoms with van der Waals surface area (Å²) in [5.74, 6) is 0.717. The minimum absolute atomic E-state index is 0.00252. The maximum atomic E-state index is 11.6. The number of methoxy groups -OCH3 is 1. The number of nitrogens with one attached hydrogen (secondary N) is 2. The highest BCUT2D eigenvalue weighted by Crippen LogP contribution is 2.48. The predicted octanol–water partition coefficient (Wildman–Crippen LogP) is 0.446. The second kappa shape index (κ2) is 8.09. The van der Waals surface area contributed by atoms with E-state index in [-0.39, 0.29) is 12.5 Å². The van der Waals surface area contributed by atoms with Crippen LogP contribution in [-0.4, -0.2) is 64.2 Å². The Morgan fingerprint density at radius 2 is 2.05 bits per heavy atom. The molecule has 0 spiro atoms. The zero-order chi connectivity index (χ0) is 15.0. The summed E-state index contributed by atoms with van der Waals surface area (Å²) < 4.78 is 5.15. The summed E-state index contributed by atoms with van der Waals surface area (Å²) >= 11 is 0.